The van der Waals surface area contributed by atoms with E-state index in [1.165, 1.54) is 0 Å². The molecule has 7 nitrogen and oxygen atoms in total. The molecule has 1 atom stereocenters. The van der Waals surface area contributed by atoms with Crippen LogP contribution in [0.1, 0.15) is 56.0 Å². The Morgan fingerprint density at radius 1 is 1.03 bits per heavy atom. The second-order valence-corrected chi connectivity index (χ2v) is 9.59. The Balaban J connectivity index is 1.66. The Hall–Kier alpha value is -3.61. The lowest BCUT2D eigenvalue weighted by Crippen LogP contribution is -2.33. The van der Waals surface area contributed by atoms with Crippen molar-refractivity contribution in [3.8, 4) is 5.75 Å². The van der Waals surface area contributed by atoms with Gasteiger partial charge in [-0.2, -0.15) is 0 Å². The van der Waals surface area contributed by atoms with Crippen LogP contribution < -0.4 is 15.8 Å². The molecule has 0 saturated heterocycles. The molecule has 1 unspecified atom stereocenters. The van der Waals surface area contributed by atoms with Gasteiger partial charge in [-0.05, 0) is 55.5 Å². The summed E-state index contributed by atoms with van der Waals surface area (Å²) in [5.74, 6) is 1.67. The maximum absolute atomic E-state index is 13.4. The maximum atomic E-state index is 13.4. The molecule has 3 N–H and O–H groups in total. The number of ether oxygens (including phenoxy) is 1. The van der Waals surface area contributed by atoms with Gasteiger partial charge in [-0.3, -0.25) is 4.79 Å². The van der Waals surface area contributed by atoms with Gasteiger partial charge in [-0.15, -0.1) is 0 Å². The number of methoxy groups -OCH3 is 1. The van der Waals surface area contributed by atoms with Crippen LogP contribution in [0.5, 0.6) is 5.75 Å². The standard InChI is InChI=1S/C28H35N5O2/c1-18(2)8-7-9-19(3)30-28(34)24-25-27(32-23-11-6-5-10-22(23)31-25)33(26(24)29)17-16-20-12-14-21(35-4)15-13-20/h5-6,10-15,18-19H,7-9,16-17,29H2,1-4H3,(H,30,34). The molecule has 2 heterocycles. The van der Waals surface area contributed by atoms with E-state index in [4.69, 9.17) is 20.4 Å². The van der Waals surface area contributed by atoms with E-state index in [2.05, 4.69) is 19.2 Å². The number of amides is 1. The lowest BCUT2D eigenvalue weighted by Gasteiger charge is -2.14. The first-order valence-corrected chi connectivity index (χ1v) is 12.4. The van der Waals surface area contributed by atoms with Gasteiger partial charge in [0.2, 0.25) is 0 Å². The summed E-state index contributed by atoms with van der Waals surface area (Å²) in [6.07, 6.45) is 3.88. The van der Waals surface area contributed by atoms with E-state index in [1.807, 2.05) is 60.0 Å². The van der Waals surface area contributed by atoms with Gasteiger partial charge in [0.05, 0.1) is 18.1 Å². The third-order valence-electron chi connectivity index (χ3n) is 6.40. The number of nitrogens with zero attached hydrogens (tertiary/aromatic N) is 3. The predicted molar refractivity (Wildman–Crippen MR) is 142 cm³/mol. The van der Waals surface area contributed by atoms with Gasteiger partial charge in [0.15, 0.2) is 5.65 Å². The molecule has 2 aromatic carbocycles. The lowest BCUT2D eigenvalue weighted by molar-refractivity contribution is 0.0940. The highest BCUT2D eigenvalue weighted by Gasteiger charge is 2.24. The topological polar surface area (TPSA) is 95.1 Å². The number of aromatic nitrogens is 3. The quantitative estimate of drug-likeness (QED) is 0.323. The minimum atomic E-state index is -0.197. The zero-order chi connectivity index (χ0) is 24.9. The van der Waals surface area contributed by atoms with Crippen LogP contribution >= 0.6 is 0 Å². The van der Waals surface area contributed by atoms with Gasteiger partial charge in [-0.25, -0.2) is 9.97 Å². The van der Waals surface area contributed by atoms with Crippen molar-refractivity contribution in [3.63, 3.8) is 0 Å². The number of anilines is 1. The molecule has 0 bridgehead atoms. The van der Waals surface area contributed by atoms with Gasteiger partial charge in [0, 0.05) is 12.6 Å². The van der Waals surface area contributed by atoms with E-state index in [0.717, 1.165) is 48.0 Å². The summed E-state index contributed by atoms with van der Waals surface area (Å²) in [5.41, 5.74) is 10.9. The van der Waals surface area contributed by atoms with Crippen molar-refractivity contribution in [2.24, 2.45) is 5.92 Å². The van der Waals surface area contributed by atoms with Crippen LogP contribution in [0.2, 0.25) is 0 Å². The normalized spacial score (nSPS) is 12.4. The number of nitrogens with two attached hydrogens (primary N) is 1. The highest BCUT2D eigenvalue weighted by molar-refractivity contribution is 6.10. The summed E-state index contributed by atoms with van der Waals surface area (Å²) in [6, 6.07) is 15.7. The SMILES string of the molecule is COc1ccc(CCn2c(N)c(C(=O)NC(C)CCCC(C)C)c3nc4ccccc4nc32)cc1. The van der Waals surface area contributed by atoms with E-state index in [1.54, 1.807) is 7.11 Å². The molecular weight excluding hydrogens is 438 g/mol. The third-order valence-corrected chi connectivity index (χ3v) is 6.40. The van der Waals surface area contributed by atoms with Crippen molar-refractivity contribution in [1.29, 1.82) is 0 Å². The largest absolute Gasteiger partial charge is 0.497 e. The van der Waals surface area contributed by atoms with Crippen LogP contribution in [0.15, 0.2) is 48.5 Å². The minimum Gasteiger partial charge on any atom is -0.497 e. The molecule has 0 aliphatic heterocycles. The Labute approximate surface area is 206 Å². The number of nitrogen functional groups attached to an aromatic ring is 1. The van der Waals surface area contributed by atoms with E-state index in [9.17, 15) is 4.79 Å². The molecule has 184 valence electrons. The van der Waals surface area contributed by atoms with Crippen LogP contribution in [0, 0.1) is 5.92 Å². The molecule has 0 radical (unpaired) electrons. The molecule has 35 heavy (non-hydrogen) atoms. The smallest absolute Gasteiger partial charge is 0.257 e. The zero-order valence-corrected chi connectivity index (χ0v) is 21.0. The van der Waals surface area contributed by atoms with Crippen molar-refractivity contribution in [1.82, 2.24) is 19.9 Å². The maximum Gasteiger partial charge on any atom is 0.257 e. The summed E-state index contributed by atoms with van der Waals surface area (Å²) in [4.78, 5) is 23.1. The summed E-state index contributed by atoms with van der Waals surface area (Å²) in [6.45, 7) is 7.05. The average molecular weight is 474 g/mol. The predicted octanol–water partition coefficient (Wildman–Crippen LogP) is 5.36. The number of hydrogen-bond donors (Lipinski definition) is 2. The molecule has 2 aromatic heterocycles. The van der Waals surface area contributed by atoms with Gasteiger partial charge in [0.1, 0.15) is 22.6 Å². The molecule has 0 aliphatic carbocycles. The van der Waals surface area contributed by atoms with E-state index < -0.39 is 0 Å². The summed E-state index contributed by atoms with van der Waals surface area (Å²) >= 11 is 0. The number of hydrogen-bond acceptors (Lipinski definition) is 5. The third kappa shape index (κ3) is 5.56. The van der Waals surface area contributed by atoms with Crippen LogP contribution in [0.25, 0.3) is 22.2 Å². The molecule has 0 aliphatic rings. The average Bonchev–Trinajstić information content (AvgIpc) is 3.11. The van der Waals surface area contributed by atoms with Crippen molar-refractivity contribution in [2.75, 3.05) is 12.8 Å². The van der Waals surface area contributed by atoms with Crippen LogP contribution in [0.4, 0.5) is 5.82 Å². The molecule has 0 fully saturated rings. The number of aryl methyl sites for hydroxylation is 2. The molecule has 7 heteroatoms. The monoisotopic (exact) mass is 473 g/mol. The van der Waals surface area contributed by atoms with E-state index in [-0.39, 0.29) is 11.9 Å². The Morgan fingerprint density at radius 2 is 1.71 bits per heavy atom. The van der Waals surface area contributed by atoms with Crippen molar-refractivity contribution >= 4 is 33.9 Å². The van der Waals surface area contributed by atoms with E-state index in [0.29, 0.717) is 35.0 Å². The highest BCUT2D eigenvalue weighted by atomic mass is 16.5. The van der Waals surface area contributed by atoms with Crippen molar-refractivity contribution in [3.05, 3.63) is 59.7 Å². The van der Waals surface area contributed by atoms with Crippen LogP contribution in [-0.4, -0.2) is 33.6 Å². The van der Waals surface area contributed by atoms with Crippen LogP contribution in [-0.2, 0) is 13.0 Å². The Bertz CT molecular complexity index is 1310. The zero-order valence-electron chi connectivity index (χ0n) is 21.0. The fraction of sp³-hybridized carbons (Fsp3) is 0.393. The lowest BCUT2D eigenvalue weighted by atomic mass is 10.0. The first-order chi connectivity index (χ1) is 16.9. The summed E-state index contributed by atoms with van der Waals surface area (Å²) in [5, 5.41) is 3.14. The molecule has 0 saturated carbocycles. The summed E-state index contributed by atoms with van der Waals surface area (Å²) < 4.78 is 7.17. The number of benzene rings is 2. The fourth-order valence-electron chi connectivity index (χ4n) is 4.40. The Kier molecular flexibility index (Phi) is 7.54. The molecule has 1 amide bonds. The van der Waals surface area contributed by atoms with Gasteiger partial charge < -0.3 is 20.4 Å². The first-order valence-electron chi connectivity index (χ1n) is 12.4. The van der Waals surface area contributed by atoms with Gasteiger partial charge in [0.25, 0.3) is 5.91 Å². The van der Waals surface area contributed by atoms with Gasteiger partial charge >= 0.3 is 0 Å². The highest BCUT2D eigenvalue weighted by Crippen LogP contribution is 2.28. The molecule has 0 spiro atoms. The fourth-order valence-corrected chi connectivity index (χ4v) is 4.40. The number of rotatable bonds is 10. The summed E-state index contributed by atoms with van der Waals surface area (Å²) in [7, 11) is 1.66. The van der Waals surface area contributed by atoms with Crippen molar-refractivity contribution < 1.29 is 9.53 Å². The van der Waals surface area contributed by atoms with E-state index >= 15 is 0 Å². The van der Waals surface area contributed by atoms with Gasteiger partial charge in [-0.1, -0.05) is 51.0 Å². The molecule has 4 aromatic rings. The number of carbonyl (C=O) groups excluding carboxylic acids is 1. The second-order valence-electron chi connectivity index (χ2n) is 9.59. The number of carbonyl (C=O) groups is 1. The van der Waals surface area contributed by atoms with Crippen LogP contribution in [0.3, 0.4) is 0 Å². The first kappa shape index (κ1) is 24.5. The Morgan fingerprint density at radius 3 is 2.37 bits per heavy atom. The molecule has 4 rings (SSSR count). The van der Waals surface area contributed by atoms with Crippen molar-refractivity contribution in [2.45, 2.75) is 59.0 Å². The minimum absolute atomic E-state index is 0.0479. The number of nitrogens with one attached hydrogen (secondary N) is 1. The number of fused-ring (bicyclic) bond motifs is 2. The second kappa shape index (κ2) is 10.8. The molecular formula is C28H35N5O2. The number of para-hydroxylation sites is 2.